The second-order valence-electron chi connectivity index (χ2n) is 3.82. The average molecular weight is 228 g/mol. The highest BCUT2D eigenvalue weighted by atomic mass is 32.1. The minimum absolute atomic E-state index is 0.0363. The quantitative estimate of drug-likeness (QED) is 0.694. The normalized spacial score (nSPS) is 13.1. The van der Waals surface area contributed by atoms with Gasteiger partial charge in [0.25, 0.3) is 0 Å². The number of H-pyrrole nitrogens is 1. The molecule has 3 aromatic rings. The predicted octanol–water partition coefficient (Wildman–Crippen LogP) is 3.28. The van der Waals surface area contributed by atoms with Gasteiger partial charge in [-0.05, 0) is 40.1 Å². The van der Waals surface area contributed by atoms with Gasteiger partial charge >= 0.3 is 0 Å². The SMILES string of the molecule is N[C@H](c1ccsc1)c1cccc2[nH]ccc12. The zero-order valence-corrected chi connectivity index (χ0v) is 9.50. The van der Waals surface area contributed by atoms with E-state index in [4.69, 9.17) is 5.73 Å². The monoisotopic (exact) mass is 228 g/mol. The number of hydrogen-bond acceptors (Lipinski definition) is 2. The van der Waals surface area contributed by atoms with Crippen molar-refractivity contribution in [3.05, 3.63) is 58.4 Å². The van der Waals surface area contributed by atoms with Crippen molar-refractivity contribution in [3.8, 4) is 0 Å². The van der Waals surface area contributed by atoms with E-state index in [0.717, 1.165) is 5.52 Å². The average Bonchev–Trinajstić information content (AvgIpc) is 2.98. The first-order valence-electron chi connectivity index (χ1n) is 5.20. The maximum Gasteiger partial charge on any atom is 0.0566 e. The van der Waals surface area contributed by atoms with E-state index in [1.54, 1.807) is 11.3 Å². The van der Waals surface area contributed by atoms with Crippen LogP contribution in [-0.4, -0.2) is 4.98 Å². The number of nitrogens with one attached hydrogen (secondary N) is 1. The van der Waals surface area contributed by atoms with Gasteiger partial charge in [-0.1, -0.05) is 12.1 Å². The molecule has 0 radical (unpaired) electrons. The molecule has 0 saturated heterocycles. The van der Waals surface area contributed by atoms with Gasteiger partial charge in [0, 0.05) is 17.1 Å². The van der Waals surface area contributed by atoms with Gasteiger partial charge in [0.15, 0.2) is 0 Å². The van der Waals surface area contributed by atoms with Crippen molar-refractivity contribution in [2.45, 2.75) is 6.04 Å². The molecule has 3 N–H and O–H groups in total. The summed E-state index contributed by atoms with van der Waals surface area (Å²) in [7, 11) is 0. The zero-order valence-electron chi connectivity index (χ0n) is 8.68. The number of fused-ring (bicyclic) bond motifs is 1. The summed E-state index contributed by atoms with van der Waals surface area (Å²) in [6.07, 6.45) is 1.95. The van der Waals surface area contributed by atoms with Crippen molar-refractivity contribution >= 4 is 22.2 Å². The van der Waals surface area contributed by atoms with E-state index in [1.807, 2.05) is 12.3 Å². The fourth-order valence-corrected chi connectivity index (χ4v) is 2.71. The summed E-state index contributed by atoms with van der Waals surface area (Å²) in [6.45, 7) is 0. The highest BCUT2D eigenvalue weighted by Gasteiger charge is 2.12. The fraction of sp³-hybridized carbons (Fsp3) is 0.0769. The van der Waals surface area contributed by atoms with Crippen LogP contribution in [0.2, 0.25) is 0 Å². The third kappa shape index (κ3) is 1.45. The Morgan fingerprint density at radius 1 is 1.19 bits per heavy atom. The number of aromatic nitrogens is 1. The van der Waals surface area contributed by atoms with Crippen LogP contribution in [0.25, 0.3) is 10.9 Å². The maximum absolute atomic E-state index is 6.28. The van der Waals surface area contributed by atoms with Crippen LogP contribution in [0.3, 0.4) is 0 Å². The van der Waals surface area contributed by atoms with E-state index < -0.39 is 0 Å². The highest BCUT2D eigenvalue weighted by Crippen LogP contribution is 2.27. The zero-order chi connectivity index (χ0) is 11.0. The van der Waals surface area contributed by atoms with Crippen LogP contribution < -0.4 is 5.73 Å². The molecular formula is C13H12N2S. The van der Waals surface area contributed by atoms with Crippen LogP contribution in [0.5, 0.6) is 0 Å². The van der Waals surface area contributed by atoms with Crippen molar-refractivity contribution in [3.63, 3.8) is 0 Å². The minimum atomic E-state index is -0.0363. The number of rotatable bonds is 2. The van der Waals surface area contributed by atoms with Crippen LogP contribution in [0, 0.1) is 0 Å². The second-order valence-corrected chi connectivity index (χ2v) is 4.60. The lowest BCUT2D eigenvalue weighted by Gasteiger charge is -2.11. The Morgan fingerprint density at radius 3 is 2.94 bits per heavy atom. The van der Waals surface area contributed by atoms with E-state index in [2.05, 4.69) is 40.0 Å². The molecule has 3 heteroatoms. The van der Waals surface area contributed by atoms with Gasteiger partial charge in [-0.15, -0.1) is 0 Å². The number of nitrogens with two attached hydrogens (primary N) is 1. The van der Waals surface area contributed by atoms with E-state index >= 15 is 0 Å². The number of hydrogen-bond donors (Lipinski definition) is 2. The molecule has 2 aromatic heterocycles. The largest absolute Gasteiger partial charge is 0.361 e. The van der Waals surface area contributed by atoms with Gasteiger partial charge < -0.3 is 10.7 Å². The molecular weight excluding hydrogens is 216 g/mol. The molecule has 0 bridgehead atoms. The van der Waals surface area contributed by atoms with Crippen LogP contribution in [-0.2, 0) is 0 Å². The van der Waals surface area contributed by atoms with Gasteiger partial charge in [-0.25, -0.2) is 0 Å². The molecule has 0 unspecified atom stereocenters. The van der Waals surface area contributed by atoms with Gasteiger partial charge in [0.1, 0.15) is 0 Å². The molecule has 80 valence electrons. The van der Waals surface area contributed by atoms with Gasteiger partial charge in [0.05, 0.1) is 6.04 Å². The van der Waals surface area contributed by atoms with Crippen LogP contribution in [0.4, 0.5) is 0 Å². The molecule has 1 aromatic carbocycles. The van der Waals surface area contributed by atoms with Gasteiger partial charge in [-0.3, -0.25) is 0 Å². The molecule has 3 rings (SSSR count). The smallest absolute Gasteiger partial charge is 0.0566 e. The molecule has 2 heterocycles. The Bertz CT molecular complexity index is 595. The molecule has 0 fully saturated rings. The lowest BCUT2D eigenvalue weighted by molar-refractivity contribution is 0.886. The minimum Gasteiger partial charge on any atom is -0.361 e. The van der Waals surface area contributed by atoms with Crippen molar-refractivity contribution in [1.82, 2.24) is 4.98 Å². The topological polar surface area (TPSA) is 41.8 Å². The van der Waals surface area contributed by atoms with E-state index in [1.165, 1.54) is 16.5 Å². The molecule has 0 aliphatic carbocycles. The van der Waals surface area contributed by atoms with Gasteiger partial charge in [0.2, 0.25) is 0 Å². The second kappa shape index (κ2) is 3.77. The molecule has 0 spiro atoms. The van der Waals surface area contributed by atoms with Crippen LogP contribution in [0.1, 0.15) is 17.2 Å². The molecule has 16 heavy (non-hydrogen) atoms. The van der Waals surface area contributed by atoms with Crippen molar-refractivity contribution < 1.29 is 0 Å². The summed E-state index contributed by atoms with van der Waals surface area (Å²) in [5.74, 6) is 0. The van der Waals surface area contributed by atoms with E-state index in [-0.39, 0.29) is 6.04 Å². The van der Waals surface area contributed by atoms with Crippen LogP contribution >= 0.6 is 11.3 Å². The molecule has 0 amide bonds. The number of aromatic amines is 1. The van der Waals surface area contributed by atoms with E-state index in [0.29, 0.717) is 0 Å². The van der Waals surface area contributed by atoms with E-state index in [9.17, 15) is 0 Å². The first kappa shape index (κ1) is 9.63. The molecule has 1 atom stereocenters. The summed E-state index contributed by atoms with van der Waals surface area (Å²) in [5, 5.41) is 5.38. The molecule has 0 aliphatic rings. The summed E-state index contributed by atoms with van der Waals surface area (Å²) >= 11 is 1.68. The number of benzene rings is 1. The maximum atomic E-state index is 6.28. The number of thiophene rings is 1. The molecule has 0 saturated carbocycles. The lowest BCUT2D eigenvalue weighted by Crippen LogP contribution is -2.10. The highest BCUT2D eigenvalue weighted by molar-refractivity contribution is 7.08. The Kier molecular flexibility index (Phi) is 2.27. The first-order chi connectivity index (χ1) is 7.86. The lowest BCUT2D eigenvalue weighted by atomic mass is 9.99. The standard InChI is InChI=1S/C13H12N2S/c14-13(9-5-7-16-8-9)11-2-1-3-12-10(11)4-6-15-12/h1-8,13,15H,14H2/t13-/m1/s1. The Hall–Kier alpha value is -1.58. The summed E-state index contributed by atoms with van der Waals surface area (Å²) in [5.41, 5.74) is 9.78. The third-order valence-corrected chi connectivity index (χ3v) is 3.57. The summed E-state index contributed by atoms with van der Waals surface area (Å²) in [6, 6.07) is 10.3. The predicted molar refractivity (Wildman–Crippen MR) is 68.6 cm³/mol. The first-order valence-corrected chi connectivity index (χ1v) is 6.14. The van der Waals surface area contributed by atoms with Crippen molar-refractivity contribution in [2.75, 3.05) is 0 Å². The molecule has 0 aliphatic heterocycles. The van der Waals surface area contributed by atoms with Crippen molar-refractivity contribution in [1.29, 1.82) is 0 Å². The summed E-state index contributed by atoms with van der Waals surface area (Å²) < 4.78 is 0. The van der Waals surface area contributed by atoms with Gasteiger partial charge in [-0.2, -0.15) is 11.3 Å². The fourth-order valence-electron chi connectivity index (χ4n) is 2.01. The Labute approximate surface area is 97.7 Å². The van der Waals surface area contributed by atoms with Crippen LogP contribution in [0.15, 0.2) is 47.3 Å². The Morgan fingerprint density at radius 2 is 2.12 bits per heavy atom. The third-order valence-electron chi connectivity index (χ3n) is 2.87. The Balaban J connectivity index is 2.15. The van der Waals surface area contributed by atoms with Crippen molar-refractivity contribution in [2.24, 2.45) is 5.73 Å². The molecule has 2 nitrogen and oxygen atoms in total. The summed E-state index contributed by atoms with van der Waals surface area (Å²) in [4.78, 5) is 3.21.